The molecule has 0 aromatic carbocycles. The van der Waals surface area contributed by atoms with E-state index in [4.69, 9.17) is 10.5 Å². The maximum absolute atomic E-state index is 11.6. The van der Waals surface area contributed by atoms with E-state index in [2.05, 4.69) is 10.4 Å². The van der Waals surface area contributed by atoms with Gasteiger partial charge in [0.2, 0.25) is 0 Å². The molecule has 0 fully saturated rings. The first-order chi connectivity index (χ1) is 8.27. The first-order valence-electron chi connectivity index (χ1n) is 5.86. The van der Waals surface area contributed by atoms with Crippen LogP contribution in [0.2, 0.25) is 0 Å². The quantitative estimate of drug-likeness (QED) is 0.627. The lowest BCUT2D eigenvalue weighted by Crippen LogP contribution is -2.25. The van der Waals surface area contributed by atoms with Gasteiger partial charge in [0, 0.05) is 25.8 Å². The summed E-state index contributed by atoms with van der Waals surface area (Å²) in [5, 5.41) is 7.06. The molecule has 17 heavy (non-hydrogen) atoms. The Hall–Kier alpha value is -1.40. The van der Waals surface area contributed by atoms with E-state index >= 15 is 0 Å². The van der Waals surface area contributed by atoms with E-state index in [0.29, 0.717) is 38.5 Å². The molecule has 0 aliphatic carbocycles. The zero-order chi connectivity index (χ0) is 12.5. The van der Waals surface area contributed by atoms with Gasteiger partial charge in [0.1, 0.15) is 0 Å². The lowest BCUT2D eigenvalue weighted by molar-refractivity contribution is 0.123. The number of nitrogens with zero attached hydrogens (tertiary/aromatic N) is 2. The second kappa shape index (κ2) is 7.81. The molecule has 1 aromatic rings. The molecule has 6 nitrogen and oxygen atoms in total. The topological polar surface area (TPSA) is 82.2 Å². The lowest BCUT2D eigenvalue weighted by atomic mass is 10.4. The molecule has 0 saturated carbocycles. The van der Waals surface area contributed by atoms with Crippen molar-refractivity contribution in [2.24, 2.45) is 5.73 Å². The van der Waals surface area contributed by atoms with Crippen molar-refractivity contribution in [2.45, 2.75) is 19.9 Å². The van der Waals surface area contributed by atoms with Crippen molar-refractivity contribution in [1.82, 2.24) is 9.78 Å². The first-order valence-corrected chi connectivity index (χ1v) is 5.86. The molecule has 0 bridgehead atoms. The van der Waals surface area contributed by atoms with Crippen LogP contribution in [0.3, 0.4) is 0 Å². The van der Waals surface area contributed by atoms with Crippen molar-refractivity contribution in [2.75, 3.05) is 31.6 Å². The fourth-order valence-electron chi connectivity index (χ4n) is 1.31. The van der Waals surface area contributed by atoms with Crippen LogP contribution in [0.4, 0.5) is 5.69 Å². The molecule has 1 rings (SSSR count). The fraction of sp³-hybridized carbons (Fsp3) is 0.636. The van der Waals surface area contributed by atoms with Crippen LogP contribution in [-0.2, 0) is 11.3 Å². The van der Waals surface area contributed by atoms with E-state index < -0.39 is 0 Å². The molecule has 6 heteroatoms. The highest BCUT2D eigenvalue weighted by atomic mass is 16.5. The first kappa shape index (κ1) is 13.7. The predicted octanol–water partition coefficient (Wildman–Crippen LogP) is 0.0405. The van der Waals surface area contributed by atoms with Gasteiger partial charge in [-0.05, 0) is 6.42 Å². The molecule has 0 spiro atoms. The molecule has 0 amide bonds. The maximum Gasteiger partial charge on any atom is 0.268 e. The predicted molar refractivity (Wildman–Crippen MR) is 67.2 cm³/mol. The number of ether oxygens (including phenoxy) is 1. The van der Waals surface area contributed by atoms with Crippen LogP contribution in [-0.4, -0.2) is 36.1 Å². The van der Waals surface area contributed by atoms with Gasteiger partial charge in [-0.3, -0.25) is 4.79 Å². The molecule has 3 N–H and O–H groups in total. The van der Waals surface area contributed by atoms with Crippen molar-refractivity contribution in [1.29, 1.82) is 0 Å². The van der Waals surface area contributed by atoms with E-state index in [1.165, 1.54) is 10.7 Å². The van der Waals surface area contributed by atoms with Gasteiger partial charge in [-0.1, -0.05) is 6.92 Å². The summed E-state index contributed by atoms with van der Waals surface area (Å²) in [7, 11) is 0. The third kappa shape index (κ3) is 4.97. The van der Waals surface area contributed by atoms with Crippen LogP contribution in [0.5, 0.6) is 0 Å². The third-order valence-electron chi connectivity index (χ3n) is 2.14. The Morgan fingerprint density at radius 2 is 2.35 bits per heavy atom. The van der Waals surface area contributed by atoms with Crippen LogP contribution in [0.15, 0.2) is 17.1 Å². The Balaban J connectivity index is 2.48. The second-order valence-electron chi connectivity index (χ2n) is 3.63. The molecule has 0 aliphatic heterocycles. The average molecular weight is 240 g/mol. The highest BCUT2D eigenvalue weighted by Crippen LogP contribution is 1.98. The molecule has 96 valence electrons. The zero-order valence-electron chi connectivity index (χ0n) is 10.2. The van der Waals surface area contributed by atoms with Gasteiger partial charge in [-0.15, -0.1) is 0 Å². The van der Waals surface area contributed by atoms with E-state index in [-0.39, 0.29) is 5.56 Å². The van der Waals surface area contributed by atoms with Crippen LogP contribution in [0.1, 0.15) is 13.3 Å². The van der Waals surface area contributed by atoms with Gasteiger partial charge < -0.3 is 15.8 Å². The van der Waals surface area contributed by atoms with Crippen LogP contribution < -0.4 is 16.6 Å². The SMILES string of the molecule is CCCOCCn1ncc(NCCN)cc1=O. The van der Waals surface area contributed by atoms with Crippen LogP contribution >= 0.6 is 0 Å². The summed E-state index contributed by atoms with van der Waals surface area (Å²) in [5.74, 6) is 0. The second-order valence-corrected chi connectivity index (χ2v) is 3.63. The van der Waals surface area contributed by atoms with E-state index in [0.717, 1.165) is 6.42 Å². The minimum absolute atomic E-state index is 0.132. The van der Waals surface area contributed by atoms with Gasteiger partial charge in [0.15, 0.2) is 0 Å². The normalized spacial score (nSPS) is 10.5. The number of hydrogen-bond acceptors (Lipinski definition) is 5. The smallest absolute Gasteiger partial charge is 0.268 e. The van der Waals surface area contributed by atoms with Crippen molar-refractivity contribution < 1.29 is 4.74 Å². The van der Waals surface area contributed by atoms with Gasteiger partial charge in [0.25, 0.3) is 5.56 Å². The standard InChI is InChI=1S/C11H20N4O2/c1-2-6-17-7-5-15-11(16)8-10(9-14-15)13-4-3-12/h8-9,13H,2-7,12H2,1H3. The Kier molecular flexibility index (Phi) is 6.27. The van der Waals surface area contributed by atoms with Gasteiger partial charge in [-0.25, -0.2) is 4.68 Å². The van der Waals surface area contributed by atoms with E-state index in [1.54, 1.807) is 6.20 Å². The summed E-state index contributed by atoms with van der Waals surface area (Å²) in [6, 6.07) is 1.52. The van der Waals surface area contributed by atoms with Crippen LogP contribution in [0.25, 0.3) is 0 Å². The molecule has 0 radical (unpaired) electrons. The molecule has 1 aromatic heterocycles. The van der Waals surface area contributed by atoms with Crippen molar-refractivity contribution in [3.05, 3.63) is 22.6 Å². The fourth-order valence-corrected chi connectivity index (χ4v) is 1.31. The Labute approximate surface area is 101 Å². The van der Waals surface area contributed by atoms with Crippen molar-refractivity contribution >= 4 is 5.69 Å². The monoisotopic (exact) mass is 240 g/mol. The number of hydrogen-bond donors (Lipinski definition) is 2. The van der Waals surface area contributed by atoms with Crippen molar-refractivity contribution in [3.8, 4) is 0 Å². The number of anilines is 1. The highest BCUT2D eigenvalue weighted by Gasteiger charge is 1.99. The van der Waals surface area contributed by atoms with E-state index in [9.17, 15) is 4.79 Å². The molecular formula is C11H20N4O2. The van der Waals surface area contributed by atoms with Crippen LogP contribution in [0, 0.1) is 0 Å². The minimum Gasteiger partial charge on any atom is -0.382 e. The largest absolute Gasteiger partial charge is 0.382 e. The summed E-state index contributed by atoms with van der Waals surface area (Å²) in [4.78, 5) is 11.6. The third-order valence-corrected chi connectivity index (χ3v) is 2.14. The summed E-state index contributed by atoms with van der Waals surface area (Å²) < 4.78 is 6.70. The lowest BCUT2D eigenvalue weighted by Gasteiger charge is -2.07. The Morgan fingerprint density at radius 3 is 3.00 bits per heavy atom. The van der Waals surface area contributed by atoms with Gasteiger partial charge in [-0.2, -0.15) is 5.10 Å². The van der Waals surface area contributed by atoms with Gasteiger partial charge >= 0.3 is 0 Å². The molecular weight excluding hydrogens is 220 g/mol. The Bertz CT molecular complexity index is 378. The van der Waals surface area contributed by atoms with Gasteiger partial charge in [0.05, 0.1) is 25.0 Å². The summed E-state index contributed by atoms with van der Waals surface area (Å²) in [6.07, 6.45) is 2.60. The van der Waals surface area contributed by atoms with E-state index in [1.807, 2.05) is 6.92 Å². The average Bonchev–Trinajstić information content (AvgIpc) is 2.34. The summed E-state index contributed by atoms with van der Waals surface area (Å²) in [5.41, 5.74) is 5.92. The number of rotatable bonds is 8. The molecule has 0 aliphatic rings. The molecule has 1 heterocycles. The number of aromatic nitrogens is 2. The number of nitrogens with one attached hydrogen (secondary N) is 1. The summed E-state index contributed by atoms with van der Waals surface area (Å²) in [6.45, 7) is 4.90. The molecule has 0 saturated heterocycles. The molecule has 0 atom stereocenters. The Morgan fingerprint density at radius 1 is 1.53 bits per heavy atom. The summed E-state index contributed by atoms with van der Waals surface area (Å²) >= 11 is 0. The molecule has 0 unspecified atom stereocenters. The maximum atomic E-state index is 11.6. The zero-order valence-corrected chi connectivity index (χ0v) is 10.2. The van der Waals surface area contributed by atoms with Crippen molar-refractivity contribution in [3.63, 3.8) is 0 Å². The highest BCUT2D eigenvalue weighted by molar-refractivity contribution is 5.38. The number of nitrogens with two attached hydrogens (primary N) is 1. The minimum atomic E-state index is -0.132.